The van der Waals surface area contributed by atoms with E-state index in [2.05, 4.69) is 5.32 Å². The summed E-state index contributed by atoms with van der Waals surface area (Å²) in [6.07, 6.45) is 3.26. The highest BCUT2D eigenvalue weighted by molar-refractivity contribution is 5.31. The summed E-state index contributed by atoms with van der Waals surface area (Å²) in [7, 11) is 3.44. The van der Waals surface area contributed by atoms with Crippen molar-refractivity contribution in [3.05, 3.63) is 29.6 Å². The Morgan fingerprint density at radius 3 is 2.81 bits per heavy atom. The third-order valence-corrected chi connectivity index (χ3v) is 3.26. The fraction of sp³-hybridized carbons (Fsp3) is 0.538. The number of nitrogens with one attached hydrogen (secondary N) is 1. The highest BCUT2D eigenvalue weighted by Gasteiger charge is 2.30. The summed E-state index contributed by atoms with van der Waals surface area (Å²) in [5.74, 6) is 0.838. The maximum Gasteiger partial charge on any atom is 0.168 e. The maximum absolute atomic E-state index is 13.9. The van der Waals surface area contributed by atoms with Gasteiger partial charge in [-0.15, -0.1) is 0 Å². The van der Waals surface area contributed by atoms with Crippen molar-refractivity contribution >= 4 is 0 Å². The highest BCUT2D eigenvalue weighted by Crippen LogP contribution is 2.34. The molecule has 1 aromatic carbocycles. The van der Waals surface area contributed by atoms with Crippen molar-refractivity contribution in [1.82, 2.24) is 5.32 Å². The van der Waals surface area contributed by atoms with Crippen molar-refractivity contribution in [2.75, 3.05) is 14.2 Å². The lowest BCUT2D eigenvalue weighted by Gasteiger charge is -2.16. The Labute approximate surface area is 95.8 Å². The first-order chi connectivity index (χ1) is 7.76. The summed E-state index contributed by atoms with van der Waals surface area (Å²) >= 11 is 0. The fourth-order valence-electron chi connectivity index (χ4n) is 2.11. The van der Waals surface area contributed by atoms with Crippen LogP contribution in [0.3, 0.4) is 0 Å². The molecule has 3 heteroatoms. The predicted octanol–water partition coefficient (Wildman–Crippen LogP) is 2.37. The zero-order chi connectivity index (χ0) is 11.5. The molecule has 2 rings (SSSR count). The number of hydrogen-bond donors (Lipinski definition) is 1. The van der Waals surface area contributed by atoms with Gasteiger partial charge < -0.3 is 10.1 Å². The van der Waals surface area contributed by atoms with E-state index in [1.807, 2.05) is 19.2 Å². The van der Waals surface area contributed by atoms with Crippen LogP contribution in [0.5, 0.6) is 5.75 Å². The third kappa shape index (κ3) is 2.35. The molecule has 1 aliphatic rings. The Kier molecular flexibility index (Phi) is 3.44. The molecule has 1 saturated carbocycles. The van der Waals surface area contributed by atoms with Crippen molar-refractivity contribution in [2.24, 2.45) is 5.92 Å². The van der Waals surface area contributed by atoms with E-state index < -0.39 is 0 Å². The monoisotopic (exact) mass is 223 g/mol. The highest BCUT2D eigenvalue weighted by atomic mass is 19.1. The first kappa shape index (κ1) is 11.4. The van der Waals surface area contributed by atoms with Crippen LogP contribution in [0.2, 0.25) is 0 Å². The van der Waals surface area contributed by atoms with Crippen LogP contribution in [0.4, 0.5) is 4.39 Å². The number of methoxy groups -OCH3 is 1. The molecule has 1 atom stereocenters. The molecule has 0 saturated heterocycles. The molecular formula is C13H18FNO. The summed E-state index contributed by atoms with van der Waals surface area (Å²) in [5.41, 5.74) is 0.741. The molecule has 0 heterocycles. The van der Waals surface area contributed by atoms with Gasteiger partial charge in [0.1, 0.15) is 0 Å². The normalized spacial score (nSPS) is 17.2. The molecule has 2 nitrogen and oxygen atoms in total. The first-order valence-electron chi connectivity index (χ1n) is 5.75. The van der Waals surface area contributed by atoms with E-state index in [0.29, 0.717) is 11.8 Å². The second-order valence-corrected chi connectivity index (χ2v) is 4.37. The van der Waals surface area contributed by atoms with Crippen LogP contribution in [0, 0.1) is 11.7 Å². The van der Waals surface area contributed by atoms with Crippen molar-refractivity contribution in [2.45, 2.75) is 25.3 Å². The second-order valence-electron chi connectivity index (χ2n) is 4.37. The van der Waals surface area contributed by atoms with Crippen LogP contribution < -0.4 is 10.1 Å². The zero-order valence-corrected chi connectivity index (χ0v) is 9.79. The molecule has 0 amide bonds. The van der Waals surface area contributed by atoms with Crippen LogP contribution in [-0.4, -0.2) is 20.2 Å². The van der Waals surface area contributed by atoms with E-state index >= 15 is 0 Å². The first-order valence-corrected chi connectivity index (χ1v) is 5.75. The number of likely N-dealkylation sites (N-methyl/N-ethyl adjacent to an activating group) is 1. The maximum atomic E-state index is 13.9. The lowest BCUT2D eigenvalue weighted by Crippen LogP contribution is -2.30. The molecular weight excluding hydrogens is 205 g/mol. The van der Waals surface area contributed by atoms with Crippen LogP contribution in [0.1, 0.15) is 18.4 Å². The Morgan fingerprint density at radius 2 is 2.25 bits per heavy atom. The van der Waals surface area contributed by atoms with Gasteiger partial charge in [-0.25, -0.2) is 4.39 Å². The summed E-state index contributed by atoms with van der Waals surface area (Å²) in [6, 6.07) is 5.73. The van der Waals surface area contributed by atoms with E-state index in [4.69, 9.17) is 4.74 Å². The molecule has 0 aliphatic heterocycles. The van der Waals surface area contributed by atoms with Gasteiger partial charge in [0.05, 0.1) is 7.11 Å². The van der Waals surface area contributed by atoms with Crippen LogP contribution >= 0.6 is 0 Å². The summed E-state index contributed by atoms with van der Waals surface area (Å²) in [5, 5.41) is 3.27. The van der Waals surface area contributed by atoms with Gasteiger partial charge in [0.25, 0.3) is 0 Å². The largest absolute Gasteiger partial charge is 0.494 e. The van der Waals surface area contributed by atoms with E-state index in [1.165, 1.54) is 20.0 Å². The molecule has 1 aliphatic carbocycles. The molecule has 88 valence electrons. The predicted molar refractivity (Wildman–Crippen MR) is 62.2 cm³/mol. The van der Waals surface area contributed by atoms with Gasteiger partial charge in [-0.05, 0) is 43.9 Å². The van der Waals surface area contributed by atoms with Crippen molar-refractivity contribution in [3.63, 3.8) is 0 Å². The van der Waals surface area contributed by atoms with Gasteiger partial charge in [0, 0.05) is 6.04 Å². The van der Waals surface area contributed by atoms with Crippen molar-refractivity contribution < 1.29 is 9.13 Å². The number of hydrogen-bond acceptors (Lipinski definition) is 2. The number of ether oxygens (including phenoxy) is 1. The van der Waals surface area contributed by atoms with E-state index in [1.54, 1.807) is 6.07 Å². The molecule has 16 heavy (non-hydrogen) atoms. The smallest absolute Gasteiger partial charge is 0.168 e. The molecule has 0 bridgehead atoms. The van der Waals surface area contributed by atoms with Gasteiger partial charge in [-0.3, -0.25) is 0 Å². The van der Waals surface area contributed by atoms with Gasteiger partial charge in [0.15, 0.2) is 11.6 Å². The number of halogens is 1. The van der Waals surface area contributed by atoms with Gasteiger partial charge in [-0.1, -0.05) is 12.1 Å². The Bertz CT molecular complexity index is 363. The molecule has 1 aromatic rings. The van der Waals surface area contributed by atoms with Crippen LogP contribution in [0.25, 0.3) is 0 Å². The second kappa shape index (κ2) is 4.83. The molecule has 0 spiro atoms. The molecule has 1 N–H and O–H groups in total. The van der Waals surface area contributed by atoms with E-state index in [0.717, 1.165) is 17.9 Å². The Morgan fingerprint density at radius 1 is 1.50 bits per heavy atom. The van der Waals surface area contributed by atoms with Gasteiger partial charge >= 0.3 is 0 Å². The summed E-state index contributed by atoms with van der Waals surface area (Å²) in [6.45, 7) is 0. The van der Waals surface area contributed by atoms with Crippen molar-refractivity contribution in [1.29, 1.82) is 0 Å². The minimum atomic E-state index is -0.217. The third-order valence-electron chi connectivity index (χ3n) is 3.26. The number of benzene rings is 1. The van der Waals surface area contributed by atoms with Gasteiger partial charge in [0.2, 0.25) is 0 Å². The van der Waals surface area contributed by atoms with Crippen molar-refractivity contribution in [3.8, 4) is 5.75 Å². The average molecular weight is 223 g/mol. The minimum Gasteiger partial charge on any atom is -0.494 e. The van der Waals surface area contributed by atoms with E-state index in [9.17, 15) is 4.39 Å². The fourth-order valence-corrected chi connectivity index (χ4v) is 2.11. The van der Waals surface area contributed by atoms with E-state index in [-0.39, 0.29) is 5.82 Å². The number of rotatable bonds is 5. The molecule has 0 aromatic heterocycles. The summed E-state index contributed by atoms with van der Waals surface area (Å²) in [4.78, 5) is 0. The topological polar surface area (TPSA) is 21.3 Å². The Balaban J connectivity index is 2.13. The summed E-state index contributed by atoms with van der Waals surface area (Å²) < 4.78 is 18.9. The molecule has 0 radical (unpaired) electrons. The Hall–Kier alpha value is -1.09. The lowest BCUT2D eigenvalue weighted by molar-refractivity contribution is 0.381. The SMILES string of the molecule is CNC(Cc1cccc(OC)c1F)C1CC1. The van der Waals surface area contributed by atoms with Crippen LogP contribution in [0.15, 0.2) is 18.2 Å². The standard InChI is InChI=1S/C13H18FNO/c1-15-11(9-6-7-9)8-10-4-3-5-12(16-2)13(10)14/h3-5,9,11,15H,6-8H2,1-2H3. The average Bonchev–Trinajstić information content (AvgIpc) is 3.12. The molecule has 1 unspecified atom stereocenters. The molecule has 1 fully saturated rings. The quantitative estimate of drug-likeness (QED) is 0.827. The lowest BCUT2D eigenvalue weighted by atomic mass is 10.0. The zero-order valence-electron chi connectivity index (χ0n) is 9.79. The van der Waals surface area contributed by atoms with Gasteiger partial charge in [-0.2, -0.15) is 0 Å². The minimum absolute atomic E-state index is 0.217. The van der Waals surface area contributed by atoms with Crippen LogP contribution in [-0.2, 0) is 6.42 Å².